The van der Waals surface area contributed by atoms with Crippen LogP contribution in [0.15, 0.2) is 24.3 Å². The first-order valence-corrected chi connectivity index (χ1v) is 7.25. The second-order valence-electron chi connectivity index (χ2n) is 5.57. The van der Waals surface area contributed by atoms with Gasteiger partial charge in [-0.1, -0.05) is 24.3 Å². The van der Waals surface area contributed by atoms with Crippen LogP contribution >= 0.6 is 0 Å². The number of benzene rings is 1. The number of nitrogens with zero attached hydrogens (tertiary/aromatic N) is 1. The van der Waals surface area contributed by atoms with Crippen LogP contribution < -0.4 is 5.73 Å². The van der Waals surface area contributed by atoms with Crippen LogP contribution in [0.5, 0.6) is 0 Å². The number of nitrogens with two attached hydrogens (primary N) is 1. The van der Waals surface area contributed by atoms with Crippen molar-refractivity contribution in [3.63, 3.8) is 0 Å². The molecule has 1 atom stereocenters. The van der Waals surface area contributed by atoms with Crippen molar-refractivity contribution in [2.75, 3.05) is 20.3 Å². The van der Waals surface area contributed by atoms with Crippen molar-refractivity contribution in [3.8, 4) is 0 Å². The van der Waals surface area contributed by atoms with Crippen molar-refractivity contribution in [1.82, 2.24) is 4.90 Å². The number of rotatable bonds is 8. The second-order valence-corrected chi connectivity index (χ2v) is 5.57. The Morgan fingerprint density at radius 2 is 2.11 bits per heavy atom. The van der Waals surface area contributed by atoms with Crippen molar-refractivity contribution < 1.29 is 4.74 Å². The Kier molecular flexibility index (Phi) is 5.37. The van der Waals surface area contributed by atoms with E-state index in [9.17, 15) is 0 Å². The molecule has 1 saturated carbocycles. The van der Waals surface area contributed by atoms with E-state index in [4.69, 9.17) is 10.5 Å². The molecule has 1 fully saturated rings. The lowest BCUT2D eigenvalue weighted by Crippen LogP contribution is -2.36. The Morgan fingerprint density at radius 1 is 1.37 bits per heavy atom. The molecule has 2 N–H and O–H groups in total. The zero-order valence-electron chi connectivity index (χ0n) is 12.1. The molecule has 1 aliphatic rings. The van der Waals surface area contributed by atoms with Crippen LogP contribution in [0.1, 0.15) is 30.9 Å². The van der Waals surface area contributed by atoms with Crippen molar-refractivity contribution in [2.24, 2.45) is 11.7 Å². The molecule has 1 aromatic carbocycles. The van der Waals surface area contributed by atoms with E-state index < -0.39 is 0 Å². The Balaban J connectivity index is 2.00. The predicted octanol–water partition coefficient (Wildman–Crippen LogP) is 2.39. The first-order chi connectivity index (χ1) is 9.24. The number of hydrogen-bond donors (Lipinski definition) is 1. The summed E-state index contributed by atoms with van der Waals surface area (Å²) < 4.78 is 5.24. The minimum atomic E-state index is 0.615. The van der Waals surface area contributed by atoms with E-state index in [0.717, 1.165) is 25.6 Å². The molecule has 3 heteroatoms. The van der Waals surface area contributed by atoms with Crippen LogP contribution in [0.2, 0.25) is 0 Å². The minimum absolute atomic E-state index is 0.615. The van der Waals surface area contributed by atoms with Gasteiger partial charge in [0.2, 0.25) is 0 Å². The molecule has 0 amide bonds. The molecule has 19 heavy (non-hydrogen) atoms. The largest absolute Gasteiger partial charge is 0.383 e. The van der Waals surface area contributed by atoms with Crippen LogP contribution in [0.25, 0.3) is 0 Å². The molecular weight excluding hydrogens is 236 g/mol. The molecule has 2 rings (SSSR count). The molecule has 0 heterocycles. The summed E-state index contributed by atoms with van der Waals surface area (Å²) in [6.07, 6.45) is 2.76. The third kappa shape index (κ3) is 4.30. The third-order valence-electron chi connectivity index (χ3n) is 4.08. The Bertz CT molecular complexity index is 390. The summed E-state index contributed by atoms with van der Waals surface area (Å²) in [7, 11) is 1.77. The highest BCUT2D eigenvalue weighted by Crippen LogP contribution is 2.35. The van der Waals surface area contributed by atoms with E-state index >= 15 is 0 Å². The fourth-order valence-corrected chi connectivity index (χ4v) is 2.60. The Labute approximate surface area is 116 Å². The Hall–Kier alpha value is -0.900. The average Bonchev–Trinajstić information content (AvgIpc) is 3.27. The van der Waals surface area contributed by atoms with Crippen molar-refractivity contribution in [1.29, 1.82) is 0 Å². The van der Waals surface area contributed by atoms with Gasteiger partial charge in [0.1, 0.15) is 0 Å². The van der Waals surface area contributed by atoms with Crippen molar-refractivity contribution in [3.05, 3.63) is 35.4 Å². The van der Waals surface area contributed by atoms with Gasteiger partial charge in [0.15, 0.2) is 0 Å². The van der Waals surface area contributed by atoms with Crippen LogP contribution in [0, 0.1) is 5.92 Å². The maximum atomic E-state index is 5.71. The van der Waals surface area contributed by atoms with Crippen molar-refractivity contribution >= 4 is 0 Å². The van der Waals surface area contributed by atoms with Crippen LogP contribution in [-0.4, -0.2) is 31.2 Å². The smallest absolute Gasteiger partial charge is 0.0589 e. The maximum Gasteiger partial charge on any atom is 0.0589 e. The highest BCUT2D eigenvalue weighted by atomic mass is 16.5. The van der Waals surface area contributed by atoms with E-state index in [2.05, 4.69) is 36.1 Å². The predicted molar refractivity (Wildman–Crippen MR) is 78.8 cm³/mol. The summed E-state index contributed by atoms with van der Waals surface area (Å²) in [5, 5.41) is 0. The summed E-state index contributed by atoms with van der Waals surface area (Å²) in [5.41, 5.74) is 8.28. The van der Waals surface area contributed by atoms with Gasteiger partial charge in [-0.05, 0) is 36.8 Å². The topological polar surface area (TPSA) is 38.5 Å². The Morgan fingerprint density at radius 3 is 2.74 bits per heavy atom. The standard InChI is InChI=1S/C16H26N2O/c1-13(16-6-7-16)18(8-9-19-2)12-15-5-3-4-14(10-15)11-17/h3-5,10,13,16H,6-9,11-12,17H2,1-2H3. The molecular formula is C16H26N2O. The van der Waals surface area contributed by atoms with Gasteiger partial charge in [-0.2, -0.15) is 0 Å². The van der Waals surface area contributed by atoms with Crippen LogP contribution in [0.4, 0.5) is 0 Å². The number of hydrogen-bond acceptors (Lipinski definition) is 3. The lowest BCUT2D eigenvalue weighted by molar-refractivity contribution is 0.111. The average molecular weight is 262 g/mol. The lowest BCUT2D eigenvalue weighted by atomic mass is 10.1. The molecule has 0 saturated heterocycles. The molecule has 0 radical (unpaired) electrons. The third-order valence-corrected chi connectivity index (χ3v) is 4.08. The summed E-state index contributed by atoms with van der Waals surface area (Å²) in [5.74, 6) is 0.884. The van der Waals surface area contributed by atoms with Gasteiger partial charge in [0, 0.05) is 32.8 Å². The highest BCUT2D eigenvalue weighted by molar-refractivity contribution is 5.23. The van der Waals surface area contributed by atoms with E-state index in [-0.39, 0.29) is 0 Å². The van der Waals surface area contributed by atoms with Gasteiger partial charge in [-0.15, -0.1) is 0 Å². The monoisotopic (exact) mass is 262 g/mol. The van der Waals surface area contributed by atoms with Gasteiger partial charge in [0.05, 0.1) is 6.61 Å². The zero-order valence-corrected chi connectivity index (χ0v) is 12.1. The molecule has 1 unspecified atom stereocenters. The van der Waals surface area contributed by atoms with Gasteiger partial charge >= 0.3 is 0 Å². The van der Waals surface area contributed by atoms with E-state index in [1.807, 2.05) is 0 Å². The fourth-order valence-electron chi connectivity index (χ4n) is 2.60. The van der Waals surface area contributed by atoms with Gasteiger partial charge in [-0.3, -0.25) is 4.90 Å². The highest BCUT2D eigenvalue weighted by Gasteiger charge is 2.31. The molecule has 0 bridgehead atoms. The quantitative estimate of drug-likeness (QED) is 0.782. The van der Waals surface area contributed by atoms with Gasteiger partial charge in [-0.25, -0.2) is 0 Å². The van der Waals surface area contributed by atoms with Crippen LogP contribution in [-0.2, 0) is 17.8 Å². The van der Waals surface area contributed by atoms with Crippen molar-refractivity contribution in [2.45, 2.75) is 38.9 Å². The normalized spacial score (nSPS) is 16.8. The molecule has 3 nitrogen and oxygen atoms in total. The van der Waals surface area contributed by atoms with Crippen LogP contribution in [0.3, 0.4) is 0 Å². The summed E-state index contributed by atoms with van der Waals surface area (Å²) in [4.78, 5) is 2.54. The SMILES string of the molecule is COCCN(Cc1cccc(CN)c1)C(C)C1CC1. The molecule has 106 valence electrons. The zero-order chi connectivity index (χ0) is 13.7. The van der Waals surface area contributed by atoms with E-state index in [0.29, 0.717) is 12.6 Å². The summed E-state index contributed by atoms with van der Waals surface area (Å²) in [6.45, 7) is 5.76. The molecule has 1 aromatic rings. The maximum absolute atomic E-state index is 5.71. The fraction of sp³-hybridized carbons (Fsp3) is 0.625. The first-order valence-electron chi connectivity index (χ1n) is 7.25. The number of methoxy groups -OCH3 is 1. The molecule has 0 spiro atoms. The van der Waals surface area contributed by atoms with Gasteiger partial charge < -0.3 is 10.5 Å². The lowest BCUT2D eigenvalue weighted by Gasteiger charge is -2.29. The minimum Gasteiger partial charge on any atom is -0.383 e. The molecule has 1 aliphatic carbocycles. The van der Waals surface area contributed by atoms with E-state index in [1.54, 1.807) is 7.11 Å². The van der Waals surface area contributed by atoms with Gasteiger partial charge in [0.25, 0.3) is 0 Å². The van der Waals surface area contributed by atoms with E-state index in [1.165, 1.54) is 24.0 Å². The summed E-state index contributed by atoms with van der Waals surface area (Å²) in [6, 6.07) is 9.26. The molecule has 0 aliphatic heterocycles. The number of ether oxygens (including phenoxy) is 1. The summed E-state index contributed by atoms with van der Waals surface area (Å²) >= 11 is 0. The first kappa shape index (κ1) is 14.5. The second kappa shape index (κ2) is 7.04. The molecule has 0 aromatic heterocycles.